The first kappa shape index (κ1) is 12.0. The number of halogens is 1. The van der Waals surface area contributed by atoms with Crippen LogP contribution < -0.4 is 4.74 Å². The van der Waals surface area contributed by atoms with Crippen LogP contribution >= 0.6 is 0 Å². The molecule has 1 aromatic carbocycles. The third-order valence-electron chi connectivity index (χ3n) is 1.97. The number of nitrogens with zero attached hydrogens (tertiary/aromatic N) is 1. The summed E-state index contributed by atoms with van der Waals surface area (Å²) in [4.78, 5) is 10.8. The van der Waals surface area contributed by atoms with E-state index in [1.54, 1.807) is 6.92 Å². The van der Waals surface area contributed by atoms with Crippen molar-refractivity contribution in [2.24, 2.45) is 0 Å². The van der Waals surface area contributed by atoms with Crippen molar-refractivity contribution in [1.29, 1.82) is 5.26 Å². The minimum Gasteiger partial charge on any atom is -0.478 e. The van der Waals surface area contributed by atoms with Crippen molar-refractivity contribution in [2.45, 2.75) is 19.4 Å². The molecule has 0 aromatic heterocycles. The SMILES string of the molecule is CCC(C#N)Oc1c(F)cccc1C(=O)O. The second-order valence-corrected chi connectivity index (χ2v) is 3.07. The van der Waals surface area contributed by atoms with Crippen LogP contribution in [0.15, 0.2) is 18.2 Å². The van der Waals surface area contributed by atoms with Gasteiger partial charge in [0.1, 0.15) is 11.6 Å². The lowest BCUT2D eigenvalue weighted by Gasteiger charge is -2.12. The van der Waals surface area contributed by atoms with Gasteiger partial charge in [-0.3, -0.25) is 0 Å². The van der Waals surface area contributed by atoms with Crippen LogP contribution in [0.5, 0.6) is 5.75 Å². The summed E-state index contributed by atoms with van der Waals surface area (Å²) >= 11 is 0. The highest BCUT2D eigenvalue weighted by Crippen LogP contribution is 2.24. The van der Waals surface area contributed by atoms with Crippen molar-refractivity contribution in [1.82, 2.24) is 0 Å². The smallest absolute Gasteiger partial charge is 0.339 e. The van der Waals surface area contributed by atoms with Crippen molar-refractivity contribution < 1.29 is 19.0 Å². The normalized spacial score (nSPS) is 11.6. The molecule has 1 atom stereocenters. The van der Waals surface area contributed by atoms with Gasteiger partial charge in [-0.1, -0.05) is 13.0 Å². The van der Waals surface area contributed by atoms with E-state index in [1.807, 2.05) is 6.07 Å². The van der Waals surface area contributed by atoms with Crippen LogP contribution in [0.25, 0.3) is 0 Å². The van der Waals surface area contributed by atoms with Gasteiger partial charge in [-0.15, -0.1) is 0 Å². The summed E-state index contributed by atoms with van der Waals surface area (Å²) in [6.45, 7) is 1.69. The molecule has 1 unspecified atom stereocenters. The molecule has 0 radical (unpaired) electrons. The Kier molecular flexibility index (Phi) is 3.84. The molecule has 0 fully saturated rings. The minimum atomic E-state index is -1.29. The average molecular weight is 223 g/mol. The van der Waals surface area contributed by atoms with Gasteiger partial charge >= 0.3 is 5.97 Å². The van der Waals surface area contributed by atoms with E-state index in [9.17, 15) is 9.18 Å². The summed E-state index contributed by atoms with van der Waals surface area (Å²) < 4.78 is 18.4. The van der Waals surface area contributed by atoms with Gasteiger partial charge in [-0.05, 0) is 18.6 Å². The standard InChI is InChI=1S/C11H10FNO3/c1-2-7(6-13)16-10-8(11(14)15)4-3-5-9(10)12/h3-5,7H,2H2,1H3,(H,14,15). The van der Waals surface area contributed by atoms with Gasteiger partial charge in [-0.2, -0.15) is 5.26 Å². The third-order valence-corrected chi connectivity index (χ3v) is 1.97. The van der Waals surface area contributed by atoms with Gasteiger partial charge in [0.2, 0.25) is 0 Å². The monoisotopic (exact) mass is 223 g/mol. The number of benzene rings is 1. The Labute approximate surface area is 91.9 Å². The van der Waals surface area contributed by atoms with E-state index in [-0.39, 0.29) is 11.3 Å². The Hall–Kier alpha value is -2.09. The zero-order valence-corrected chi connectivity index (χ0v) is 8.61. The summed E-state index contributed by atoms with van der Waals surface area (Å²) in [6.07, 6.45) is -0.501. The first-order valence-corrected chi connectivity index (χ1v) is 4.68. The van der Waals surface area contributed by atoms with E-state index in [4.69, 9.17) is 15.1 Å². The van der Waals surface area contributed by atoms with Gasteiger partial charge in [0, 0.05) is 0 Å². The Morgan fingerprint density at radius 1 is 1.69 bits per heavy atom. The van der Waals surface area contributed by atoms with Crippen LogP contribution in [0.1, 0.15) is 23.7 Å². The number of aromatic carboxylic acids is 1. The number of ether oxygens (including phenoxy) is 1. The fraction of sp³-hybridized carbons (Fsp3) is 0.273. The second-order valence-electron chi connectivity index (χ2n) is 3.07. The molecule has 4 nitrogen and oxygen atoms in total. The maximum absolute atomic E-state index is 13.3. The van der Waals surface area contributed by atoms with Crippen molar-refractivity contribution in [3.63, 3.8) is 0 Å². The average Bonchev–Trinajstić information content (AvgIpc) is 2.27. The van der Waals surface area contributed by atoms with Gasteiger partial charge in [0.15, 0.2) is 17.7 Å². The van der Waals surface area contributed by atoms with Crippen LogP contribution in [0, 0.1) is 17.1 Å². The number of carbonyl (C=O) groups is 1. The topological polar surface area (TPSA) is 70.3 Å². The summed E-state index contributed by atoms with van der Waals surface area (Å²) in [7, 11) is 0. The molecule has 1 N–H and O–H groups in total. The Balaban J connectivity index is 3.11. The van der Waals surface area contributed by atoms with Crippen LogP contribution in [-0.2, 0) is 0 Å². The molecule has 5 heteroatoms. The molecule has 0 amide bonds. The summed E-state index contributed by atoms with van der Waals surface area (Å²) in [6, 6.07) is 5.40. The van der Waals surface area contributed by atoms with Gasteiger partial charge in [-0.25, -0.2) is 9.18 Å². The van der Waals surface area contributed by atoms with Crippen LogP contribution in [-0.4, -0.2) is 17.2 Å². The molecule has 1 rings (SSSR count). The lowest BCUT2D eigenvalue weighted by Crippen LogP contribution is -2.15. The molecule has 0 aliphatic rings. The van der Waals surface area contributed by atoms with E-state index in [2.05, 4.69) is 0 Å². The first-order chi connectivity index (χ1) is 7.60. The largest absolute Gasteiger partial charge is 0.478 e. The van der Waals surface area contributed by atoms with Gasteiger partial charge in [0.25, 0.3) is 0 Å². The lowest BCUT2D eigenvalue weighted by atomic mass is 10.2. The molecule has 0 aliphatic heterocycles. The van der Waals surface area contributed by atoms with E-state index in [1.165, 1.54) is 12.1 Å². The first-order valence-electron chi connectivity index (χ1n) is 4.68. The Morgan fingerprint density at radius 3 is 2.88 bits per heavy atom. The number of para-hydroxylation sites is 1. The van der Waals surface area contributed by atoms with Gasteiger partial charge in [0.05, 0.1) is 0 Å². The molecular weight excluding hydrogens is 213 g/mol. The van der Waals surface area contributed by atoms with E-state index in [0.29, 0.717) is 6.42 Å². The molecule has 0 saturated carbocycles. The predicted molar refractivity (Wildman–Crippen MR) is 53.7 cm³/mol. The highest BCUT2D eigenvalue weighted by molar-refractivity contribution is 5.90. The number of rotatable bonds is 4. The van der Waals surface area contributed by atoms with Crippen LogP contribution in [0.4, 0.5) is 4.39 Å². The van der Waals surface area contributed by atoms with Crippen molar-refractivity contribution in [2.75, 3.05) is 0 Å². The zero-order chi connectivity index (χ0) is 12.1. The highest BCUT2D eigenvalue weighted by Gasteiger charge is 2.18. The molecule has 0 saturated heterocycles. The maximum Gasteiger partial charge on any atom is 0.339 e. The highest BCUT2D eigenvalue weighted by atomic mass is 19.1. The lowest BCUT2D eigenvalue weighted by molar-refractivity contribution is 0.0689. The van der Waals surface area contributed by atoms with Crippen LogP contribution in [0.3, 0.4) is 0 Å². The second kappa shape index (κ2) is 5.12. The number of nitriles is 1. The summed E-state index contributed by atoms with van der Waals surface area (Å²) in [5.74, 6) is -2.46. The quantitative estimate of drug-likeness (QED) is 0.849. The van der Waals surface area contributed by atoms with E-state index in [0.717, 1.165) is 6.07 Å². The molecule has 84 valence electrons. The predicted octanol–water partition coefficient (Wildman–Crippen LogP) is 2.20. The molecular formula is C11H10FNO3. The van der Waals surface area contributed by atoms with Crippen molar-refractivity contribution in [3.05, 3.63) is 29.6 Å². The minimum absolute atomic E-state index is 0.284. The number of hydrogen-bond donors (Lipinski definition) is 1. The summed E-state index contributed by atoms with van der Waals surface area (Å²) in [5.41, 5.74) is -0.284. The molecule has 0 spiro atoms. The maximum atomic E-state index is 13.3. The Bertz CT molecular complexity index is 439. The summed E-state index contributed by atoms with van der Waals surface area (Å²) in [5, 5.41) is 17.5. The molecule has 0 heterocycles. The third kappa shape index (κ3) is 2.48. The fourth-order valence-electron chi connectivity index (χ4n) is 1.14. The molecule has 0 bridgehead atoms. The van der Waals surface area contributed by atoms with E-state index < -0.39 is 17.9 Å². The van der Waals surface area contributed by atoms with Crippen molar-refractivity contribution >= 4 is 5.97 Å². The zero-order valence-electron chi connectivity index (χ0n) is 8.61. The number of carboxylic acids is 1. The van der Waals surface area contributed by atoms with Crippen LogP contribution in [0.2, 0.25) is 0 Å². The Morgan fingerprint density at radius 2 is 2.38 bits per heavy atom. The number of carboxylic acid groups (broad SMARTS) is 1. The van der Waals surface area contributed by atoms with Crippen molar-refractivity contribution in [3.8, 4) is 11.8 Å². The number of hydrogen-bond acceptors (Lipinski definition) is 3. The van der Waals surface area contributed by atoms with E-state index >= 15 is 0 Å². The van der Waals surface area contributed by atoms with Gasteiger partial charge < -0.3 is 9.84 Å². The molecule has 1 aromatic rings. The molecule has 0 aliphatic carbocycles. The fourth-order valence-corrected chi connectivity index (χ4v) is 1.14. The molecule has 16 heavy (non-hydrogen) atoms.